The number of carbonyl (C=O) groups is 2. The van der Waals surface area contributed by atoms with E-state index in [-0.39, 0.29) is 23.6 Å². The highest BCUT2D eigenvalue weighted by atomic mass is 35.5. The Morgan fingerprint density at radius 3 is 2.75 bits per heavy atom. The van der Waals surface area contributed by atoms with E-state index < -0.39 is 0 Å². The number of Topliss-reactive ketones (excluding diaryl/α,β-unsaturated/α-hetero) is 1. The third kappa shape index (κ3) is 1.78. The lowest BCUT2D eigenvalue weighted by Gasteiger charge is -2.21. The number of carbonyl (C=O) groups excluding carboxylic acids is 2. The maximum absolute atomic E-state index is 11.2. The minimum Gasteiger partial charge on any atom is -0.332 e. The smallest absolute Gasteiger partial charge is 0.238 e. The number of alkyl halides is 1. The van der Waals surface area contributed by atoms with Crippen LogP contribution >= 0.6 is 11.6 Å². The number of likely N-dealkylation sites (tertiary alicyclic amines) is 1. The topological polar surface area (TPSA) is 37.4 Å². The Bertz CT molecular complexity index is 205. The lowest BCUT2D eigenvalue weighted by Crippen LogP contribution is -2.40. The number of amides is 1. The highest BCUT2D eigenvalue weighted by Gasteiger charge is 2.30. The zero-order chi connectivity index (χ0) is 9.14. The second kappa shape index (κ2) is 3.90. The molecule has 1 saturated heterocycles. The van der Waals surface area contributed by atoms with Crippen molar-refractivity contribution in [2.24, 2.45) is 0 Å². The van der Waals surface area contributed by atoms with Crippen LogP contribution in [-0.4, -0.2) is 35.1 Å². The Labute approximate surface area is 76.7 Å². The van der Waals surface area contributed by atoms with Crippen LogP contribution in [0.15, 0.2) is 0 Å². The summed E-state index contributed by atoms with van der Waals surface area (Å²) in [5.74, 6) is -0.0932. The predicted molar refractivity (Wildman–Crippen MR) is 46.1 cm³/mol. The molecule has 1 fully saturated rings. The van der Waals surface area contributed by atoms with E-state index in [1.54, 1.807) is 4.90 Å². The van der Waals surface area contributed by atoms with Crippen LogP contribution in [0.5, 0.6) is 0 Å². The summed E-state index contributed by atoms with van der Waals surface area (Å²) < 4.78 is 0. The molecule has 1 unspecified atom stereocenters. The highest BCUT2D eigenvalue weighted by Crippen LogP contribution is 2.18. The Balaban J connectivity index is 2.63. The predicted octanol–water partition coefficient (Wildman–Crippen LogP) is 0.805. The molecule has 1 aliphatic heterocycles. The first-order valence-electron chi connectivity index (χ1n) is 4.02. The minimum atomic E-state index is -0.212. The van der Waals surface area contributed by atoms with Crippen LogP contribution in [0.25, 0.3) is 0 Å². The van der Waals surface area contributed by atoms with Crippen LogP contribution in [0.3, 0.4) is 0 Å². The quantitative estimate of drug-likeness (QED) is 0.603. The van der Waals surface area contributed by atoms with E-state index in [1.807, 2.05) is 0 Å². The number of rotatable bonds is 2. The molecule has 3 nitrogen and oxygen atoms in total. The Morgan fingerprint density at radius 1 is 1.58 bits per heavy atom. The van der Waals surface area contributed by atoms with Gasteiger partial charge in [-0.15, -0.1) is 11.6 Å². The van der Waals surface area contributed by atoms with Crippen LogP contribution in [0.4, 0.5) is 0 Å². The van der Waals surface area contributed by atoms with E-state index in [2.05, 4.69) is 0 Å². The third-order valence-corrected chi connectivity index (χ3v) is 2.39. The van der Waals surface area contributed by atoms with Crippen molar-refractivity contribution in [3.63, 3.8) is 0 Å². The molecule has 0 bridgehead atoms. The largest absolute Gasteiger partial charge is 0.332 e. The van der Waals surface area contributed by atoms with Gasteiger partial charge >= 0.3 is 0 Å². The molecule has 0 aromatic heterocycles. The van der Waals surface area contributed by atoms with E-state index in [0.717, 1.165) is 12.8 Å². The van der Waals surface area contributed by atoms with Crippen molar-refractivity contribution < 1.29 is 9.59 Å². The van der Waals surface area contributed by atoms with Crippen LogP contribution in [0.1, 0.15) is 19.8 Å². The summed E-state index contributed by atoms with van der Waals surface area (Å²) in [6.45, 7) is 2.19. The lowest BCUT2D eigenvalue weighted by molar-refractivity contribution is -0.134. The van der Waals surface area contributed by atoms with Crippen LogP contribution < -0.4 is 0 Å². The number of hydrogen-bond acceptors (Lipinski definition) is 2. The standard InChI is InChI=1S/C8H12ClNO2/c1-6(11)7-3-2-4-10(7)8(12)5-9/h7H,2-5H2,1H3. The zero-order valence-electron chi connectivity index (χ0n) is 7.05. The van der Waals surface area contributed by atoms with E-state index in [4.69, 9.17) is 11.6 Å². The van der Waals surface area contributed by atoms with Gasteiger partial charge in [-0.25, -0.2) is 0 Å². The first kappa shape index (κ1) is 9.52. The molecule has 1 amide bonds. The van der Waals surface area contributed by atoms with E-state index >= 15 is 0 Å². The van der Waals surface area contributed by atoms with Crippen molar-refractivity contribution in [3.05, 3.63) is 0 Å². The first-order valence-corrected chi connectivity index (χ1v) is 4.56. The summed E-state index contributed by atoms with van der Waals surface area (Å²) >= 11 is 5.40. The second-order valence-electron chi connectivity index (χ2n) is 2.99. The molecule has 0 saturated carbocycles. The Morgan fingerprint density at radius 2 is 2.25 bits per heavy atom. The van der Waals surface area contributed by atoms with Gasteiger partial charge in [-0.2, -0.15) is 0 Å². The fraction of sp³-hybridized carbons (Fsp3) is 0.750. The molecular weight excluding hydrogens is 178 g/mol. The van der Waals surface area contributed by atoms with Gasteiger partial charge in [0, 0.05) is 6.54 Å². The fourth-order valence-corrected chi connectivity index (χ4v) is 1.72. The molecule has 0 radical (unpaired) electrons. The van der Waals surface area contributed by atoms with Crippen LogP contribution in [0.2, 0.25) is 0 Å². The summed E-state index contributed by atoms with van der Waals surface area (Å²) in [6.07, 6.45) is 1.70. The molecule has 0 spiro atoms. The Hall–Kier alpha value is -0.570. The molecule has 1 rings (SSSR count). The van der Waals surface area contributed by atoms with Crippen molar-refractivity contribution in [1.82, 2.24) is 4.90 Å². The lowest BCUT2D eigenvalue weighted by atomic mass is 10.1. The molecule has 1 heterocycles. The van der Waals surface area contributed by atoms with Gasteiger partial charge in [0.05, 0.1) is 6.04 Å². The van der Waals surface area contributed by atoms with Gasteiger partial charge in [0.15, 0.2) is 5.78 Å². The summed E-state index contributed by atoms with van der Waals surface area (Å²) in [6, 6.07) is -0.212. The number of nitrogens with zero attached hydrogens (tertiary/aromatic N) is 1. The molecule has 0 N–H and O–H groups in total. The van der Waals surface area contributed by atoms with Gasteiger partial charge in [-0.05, 0) is 19.8 Å². The molecule has 4 heteroatoms. The summed E-state index contributed by atoms with van der Waals surface area (Å²) in [5.41, 5.74) is 0. The van der Waals surface area contributed by atoms with Crippen molar-refractivity contribution in [2.75, 3.05) is 12.4 Å². The summed E-state index contributed by atoms with van der Waals surface area (Å²) in [5, 5.41) is 0. The second-order valence-corrected chi connectivity index (χ2v) is 3.26. The van der Waals surface area contributed by atoms with E-state index in [9.17, 15) is 9.59 Å². The summed E-state index contributed by atoms with van der Waals surface area (Å²) in [7, 11) is 0. The normalized spacial score (nSPS) is 22.8. The van der Waals surface area contributed by atoms with Crippen LogP contribution in [-0.2, 0) is 9.59 Å². The van der Waals surface area contributed by atoms with Gasteiger partial charge in [0.1, 0.15) is 5.88 Å². The van der Waals surface area contributed by atoms with E-state index in [0.29, 0.717) is 6.54 Å². The molecule has 1 aliphatic rings. The maximum Gasteiger partial charge on any atom is 0.238 e. The average Bonchev–Trinajstić information content (AvgIpc) is 2.50. The number of halogens is 1. The Kier molecular flexibility index (Phi) is 3.09. The summed E-state index contributed by atoms with van der Waals surface area (Å²) in [4.78, 5) is 23.8. The SMILES string of the molecule is CC(=O)C1CCCN1C(=O)CCl. The van der Waals surface area contributed by atoms with Crippen molar-refractivity contribution in [2.45, 2.75) is 25.8 Å². The van der Waals surface area contributed by atoms with Gasteiger partial charge in [-0.1, -0.05) is 0 Å². The minimum absolute atomic E-state index is 0.0240. The molecule has 68 valence electrons. The molecule has 0 aromatic rings. The van der Waals surface area contributed by atoms with E-state index in [1.165, 1.54) is 6.92 Å². The van der Waals surface area contributed by atoms with Gasteiger partial charge in [-0.3, -0.25) is 9.59 Å². The molecule has 12 heavy (non-hydrogen) atoms. The zero-order valence-corrected chi connectivity index (χ0v) is 7.80. The number of ketones is 1. The van der Waals surface area contributed by atoms with Crippen LogP contribution in [0, 0.1) is 0 Å². The monoisotopic (exact) mass is 189 g/mol. The first-order chi connectivity index (χ1) is 5.66. The molecule has 1 atom stereocenters. The average molecular weight is 190 g/mol. The molecule has 0 aliphatic carbocycles. The van der Waals surface area contributed by atoms with Gasteiger partial charge in [0.25, 0.3) is 0 Å². The van der Waals surface area contributed by atoms with Crippen molar-refractivity contribution >= 4 is 23.3 Å². The maximum atomic E-state index is 11.2. The third-order valence-electron chi connectivity index (χ3n) is 2.16. The van der Waals surface area contributed by atoms with Gasteiger partial charge < -0.3 is 4.90 Å². The highest BCUT2D eigenvalue weighted by molar-refractivity contribution is 6.27. The molecular formula is C8H12ClNO2. The fourth-order valence-electron chi connectivity index (χ4n) is 1.56. The van der Waals surface area contributed by atoms with Crippen molar-refractivity contribution in [3.8, 4) is 0 Å². The number of hydrogen-bond donors (Lipinski definition) is 0. The van der Waals surface area contributed by atoms with Gasteiger partial charge in [0.2, 0.25) is 5.91 Å². The molecule has 0 aromatic carbocycles. The van der Waals surface area contributed by atoms with Crippen molar-refractivity contribution in [1.29, 1.82) is 0 Å².